The van der Waals surface area contributed by atoms with E-state index >= 15 is 0 Å². The topological polar surface area (TPSA) is 85.3 Å². The number of methoxy groups -OCH3 is 1. The monoisotopic (exact) mass is 389 g/mol. The van der Waals surface area contributed by atoms with Crippen molar-refractivity contribution in [2.24, 2.45) is 11.3 Å². The molecule has 28 heavy (non-hydrogen) atoms. The minimum Gasteiger partial charge on any atom is -0.493 e. The predicted octanol–water partition coefficient (Wildman–Crippen LogP) is 2.58. The summed E-state index contributed by atoms with van der Waals surface area (Å²) in [5.74, 6) is -0.00797. The van der Waals surface area contributed by atoms with Gasteiger partial charge in [0, 0.05) is 31.2 Å². The zero-order valence-corrected chi connectivity index (χ0v) is 16.2. The summed E-state index contributed by atoms with van der Waals surface area (Å²) in [6.45, 7) is 1.42. The second kappa shape index (κ2) is 7.62. The van der Waals surface area contributed by atoms with Crippen LogP contribution >= 0.6 is 0 Å². The molecule has 3 fully saturated rings. The summed E-state index contributed by atoms with van der Waals surface area (Å²) in [6.07, 6.45) is 5.07. The van der Waals surface area contributed by atoms with E-state index in [1.807, 2.05) is 0 Å². The molecule has 2 aliphatic heterocycles. The Morgan fingerprint density at radius 2 is 2.04 bits per heavy atom. The molecule has 2 atom stereocenters. The first-order chi connectivity index (χ1) is 13.5. The quantitative estimate of drug-likeness (QED) is 0.833. The highest BCUT2D eigenvalue weighted by molar-refractivity contribution is 5.96. The van der Waals surface area contributed by atoms with Gasteiger partial charge in [-0.2, -0.15) is 0 Å². The Bertz CT molecular complexity index is 759. The lowest BCUT2D eigenvalue weighted by atomic mass is 9.74. The van der Waals surface area contributed by atoms with Gasteiger partial charge in [-0.1, -0.05) is 0 Å². The molecular formula is C21H27NO6. The summed E-state index contributed by atoms with van der Waals surface area (Å²) < 4.78 is 17.0. The number of carboxylic acids is 1. The third kappa shape index (κ3) is 3.32. The second-order valence-electron chi connectivity index (χ2n) is 8.06. The van der Waals surface area contributed by atoms with Crippen LogP contribution in [0.25, 0.3) is 0 Å². The van der Waals surface area contributed by atoms with Gasteiger partial charge in [0.15, 0.2) is 11.5 Å². The highest BCUT2D eigenvalue weighted by Crippen LogP contribution is 2.43. The number of hydrogen-bond donors (Lipinski definition) is 1. The summed E-state index contributed by atoms with van der Waals surface area (Å²) >= 11 is 0. The van der Waals surface area contributed by atoms with E-state index in [9.17, 15) is 14.7 Å². The number of aliphatic carboxylic acids is 1. The number of ether oxygens (including phenoxy) is 3. The Balaban J connectivity index is 1.52. The summed E-state index contributed by atoms with van der Waals surface area (Å²) in [4.78, 5) is 26.7. The fraction of sp³-hybridized carbons (Fsp3) is 0.619. The van der Waals surface area contributed by atoms with E-state index in [1.54, 1.807) is 30.2 Å². The smallest absolute Gasteiger partial charge is 0.311 e. The molecule has 7 nitrogen and oxygen atoms in total. The van der Waals surface area contributed by atoms with Crippen LogP contribution in [-0.2, 0) is 9.53 Å². The van der Waals surface area contributed by atoms with E-state index in [4.69, 9.17) is 14.2 Å². The van der Waals surface area contributed by atoms with Crippen molar-refractivity contribution in [2.75, 3.05) is 33.4 Å². The molecule has 0 unspecified atom stereocenters. The number of amides is 1. The van der Waals surface area contributed by atoms with Crippen molar-refractivity contribution in [3.05, 3.63) is 23.8 Å². The van der Waals surface area contributed by atoms with Crippen molar-refractivity contribution < 1.29 is 28.9 Å². The lowest BCUT2D eigenvalue weighted by Crippen LogP contribution is -2.45. The molecule has 7 heteroatoms. The van der Waals surface area contributed by atoms with Crippen LogP contribution in [0.3, 0.4) is 0 Å². The molecule has 1 aromatic rings. The number of likely N-dealkylation sites (tertiary alicyclic amines) is 1. The Morgan fingerprint density at radius 1 is 1.25 bits per heavy atom. The molecule has 152 valence electrons. The van der Waals surface area contributed by atoms with Crippen LogP contribution in [0.5, 0.6) is 11.5 Å². The third-order valence-corrected chi connectivity index (χ3v) is 6.43. The number of nitrogens with zero attached hydrogens (tertiary/aromatic N) is 1. The lowest BCUT2D eigenvalue weighted by Gasteiger charge is -2.33. The maximum atomic E-state index is 13.1. The third-order valence-electron chi connectivity index (χ3n) is 6.43. The number of hydrogen-bond acceptors (Lipinski definition) is 5. The van der Waals surface area contributed by atoms with Gasteiger partial charge in [0.05, 0.1) is 25.2 Å². The predicted molar refractivity (Wildman–Crippen MR) is 101 cm³/mol. The van der Waals surface area contributed by atoms with Crippen molar-refractivity contribution in [1.82, 2.24) is 4.90 Å². The van der Waals surface area contributed by atoms with Crippen molar-refractivity contribution in [2.45, 2.75) is 38.2 Å². The van der Waals surface area contributed by atoms with E-state index in [1.165, 1.54) is 12.8 Å². The van der Waals surface area contributed by atoms with Gasteiger partial charge in [-0.3, -0.25) is 9.59 Å². The Morgan fingerprint density at radius 3 is 2.71 bits per heavy atom. The molecule has 1 saturated carbocycles. The van der Waals surface area contributed by atoms with Crippen LogP contribution in [-0.4, -0.2) is 61.4 Å². The minimum absolute atomic E-state index is 0.172. The van der Waals surface area contributed by atoms with Gasteiger partial charge >= 0.3 is 5.97 Å². The van der Waals surface area contributed by atoms with Gasteiger partial charge in [-0.05, 0) is 50.3 Å². The maximum absolute atomic E-state index is 13.1. The van der Waals surface area contributed by atoms with Gasteiger partial charge in [-0.15, -0.1) is 0 Å². The van der Waals surface area contributed by atoms with E-state index in [2.05, 4.69) is 0 Å². The van der Waals surface area contributed by atoms with Crippen molar-refractivity contribution in [3.63, 3.8) is 0 Å². The molecule has 0 aromatic heterocycles. The molecule has 0 bridgehead atoms. The molecule has 2 saturated heterocycles. The average molecular weight is 389 g/mol. The molecule has 2 heterocycles. The van der Waals surface area contributed by atoms with Gasteiger partial charge in [-0.25, -0.2) is 0 Å². The van der Waals surface area contributed by atoms with Gasteiger partial charge < -0.3 is 24.2 Å². The molecule has 4 rings (SSSR count). The first-order valence-corrected chi connectivity index (χ1v) is 9.98. The van der Waals surface area contributed by atoms with Gasteiger partial charge in [0.2, 0.25) is 0 Å². The SMILES string of the molecule is COc1cc(C(=O)N2C[C@H]3COCC[C@@]3(C(=O)O)C2)ccc1OC1CCCC1. The van der Waals surface area contributed by atoms with Crippen LogP contribution in [0, 0.1) is 11.3 Å². The molecular weight excluding hydrogens is 362 g/mol. The van der Waals surface area contributed by atoms with Crippen LogP contribution < -0.4 is 9.47 Å². The molecule has 0 radical (unpaired) electrons. The molecule has 0 spiro atoms. The van der Waals surface area contributed by atoms with Gasteiger partial charge in [0.1, 0.15) is 0 Å². The highest BCUT2D eigenvalue weighted by Gasteiger charge is 2.55. The number of rotatable bonds is 5. The number of carboxylic acid groups (broad SMARTS) is 1. The fourth-order valence-electron chi connectivity index (χ4n) is 4.72. The highest BCUT2D eigenvalue weighted by atomic mass is 16.5. The lowest BCUT2D eigenvalue weighted by molar-refractivity contribution is -0.157. The number of carbonyl (C=O) groups excluding carboxylic acids is 1. The van der Waals surface area contributed by atoms with Crippen LogP contribution in [0.15, 0.2) is 18.2 Å². The number of benzene rings is 1. The Kier molecular flexibility index (Phi) is 5.19. The number of fused-ring (bicyclic) bond motifs is 1. The van der Waals surface area contributed by atoms with Gasteiger partial charge in [0.25, 0.3) is 5.91 Å². The van der Waals surface area contributed by atoms with Crippen LogP contribution in [0.2, 0.25) is 0 Å². The van der Waals surface area contributed by atoms with Crippen molar-refractivity contribution >= 4 is 11.9 Å². The van der Waals surface area contributed by atoms with E-state index in [0.29, 0.717) is 43.2 Å². The summed E-state index contributed by atoms with van der Waals surface area (Å²) in [5, 5.41) is 9.79. The number of carbonyl (C=O) groups is 2. The Labute approximate surface area is 164 Å². The first kappa shape index (κ1) is 19.1. The molecule has 1 N–H and O–H groups in total. The zero-order chi connectivity index (χ0) is 19.7. The van der Waals surface area contributed by atoms with Crippen LogP contribution in [0.1, 0.15) is 42.5 Å². The molecule has 1 aliphatic carbocycles. The maximum Gasteiger partial charge on any atom is 0.311 e. The van der Waals surface area contributed by atoms with E-state index in [-0.39, 0.29) is 24.5 Å². The minimum atomic E-state index is -0.899. The molecule has 1 amide bonds. The zero-order valence-electron chi connectivity index (χ0n) is 16.2. The van der Waals surface area contributed by atoms with E-state index < -0.39 is 11.4 Å². The molecule has 1 aromatic carbocycles. The van der Waals surface area contributed by atoms with E-state index in [0.717, 1.165) is 12.8 Å². The van der Waals surface area contributed by atoms with Crippen LogP contribution in [0.4, 0.5) is 0 Å². The van der Waals surface area contributed by atoms with Crippen molar-refractivity contribution in [3.8, 4) is 11.5 Å². The summed E-state index contributed by atoms with van der Waals surface area (Å²) in [6, 6.07) is 5.21. The fourth-order valence-corrected chi connectivity index (χ4v) is 4.72. The summed E-state index contributed by atoms with van der Waals surface area (Å²) in [7, 11) is 1.56. The molecule has 3 aliphatic rings. The second-order valence-corrected chi connectivity index (χ2v) is 8.06. The summed E-state index contributed by atoms with van der Waals surface area (Å²) in [5.41, 5.74) is -0.417. The average Bonchev–Trinajstić information content (AvgIpc) is 3.35. The normalized spacial score (nSPS) is 27.5. The Hall–Kier alpha value is -2.28. The first-order valence-electron chi connectivity index (χ1n) is 9.98. The largest absolute Gasteiger partial charge is 0.493 e. The standard InChI is InChI=1S/C21H27NO6/c1-26-18-10-14(6-7-17(18)28-16-4-2-3-5-16)19(23)22-11-15-12-27-9-8-21(15,13-22)20(24)25/h6-7,10,15-16H,2-5,8-9,11-13H2,1H3,(H,24,25)/t15-,21+/m0/s1. The van der Waals surface area contributed by atoms with Crippen molar-refractivity contribution in [1.29, 1.82) is 0 Å².